The fourth-order valence-electron chi connectivity index (χ4n) is 2.36. The molecule has 0 aliphatic rings. The Morgan fingerprint density at radius 1 is 1.08 bits per heavy atom. The maximum absolute atomic E-state index is 5.98. The van der Waals surface area contributed by atoms with E-state index in [9.17, 15) is 0 Å². The molecule has 6 nitrogen and oxygen atoms in total. The van der Waals surface area contributed by atoms with Gasteiger partial charge in [0.05, 0.1) is 19.9 Å². The van der Waals surface area contributed by atoms with Crippen molar-refractivity contribution in [1.29, 1.82) is 0 Å². The van der Waals surface area contributed by atoms with Crippen molar-refractivity contribution in [2.24, 2.45) is 10.7 Å². The summed E-state index contributed by atoms with van der Waals surface area (Å²) in [6.07, 6.45) is 0.825. The number of ether oxygens (including phenoxy) is 2. The predicted molar refractivity (Wildman–Crippen MR) is 104 cm³/mol. The zero-order chi connectivity index (χ0) is 18.2. The van der Waals surface area contributed by atoms with Crippen LogP contribution < -0.4 is 25.4 Å². The largest absolute Gasteiger partial charge is 0.497 e. The predicted octanol–water partition coefficient (Wildman–Crippen LogP) is 2.74. The van der Waals surface area contributed by atoms with E-state index in [-0.39, 0.29) is 0 Å². The molecular weight excluding hydrogens is 316 g/mol. The van der Waals surface area contributed by atoms with E-state index in [1.54, 1.807) is 14.2 Å². The molecule has 0 bridgehead atoms. The maximum atomic E-state index is 5.98. The average Bonchev–Trinajstić information content (AvgIpc) is 2.62. The van der Waals surface area contributed by atoms with Crippen LogP contribution in [0.25, 0.3) is 0 Å². The minimum Gasteiger partial charge on any atom is -0.497 e. The van der Waals surface area contributed by atoms with Crippen molar-refractivity contribution in [3.05, 3.63) is 48.0 Å². The molecule has 0 saturated carbocycles. The van der Waals surface area contributed by atoms with Gasteiger partial charge < -0.3 is 25.4 Å². The second-order valence-corrected chi connectivity index (χ2v) is 5.77. The first-order chi connectivity index (χ1) is 12.0. The summed E-state index contributed by atoms with van der Waals surface area (Å²) in [6, 6.07) is 13.9. The van der Waals surface area contributed by atoms with E-state index in [0.29, 0.717) is 18.3 Å². The molecule has 6 heteroatoms. The van der Waals surface area contributed by atoms with Crippen molar-refractivity contribution >= 4 is 17.3 Å². The van der Waals surface area contributed by atoms with Crippen LogP contribution in [-0.2, 0) is 6.42 Å². The third-order valence-corrected chi connectivity index (χ3v) is 3.80. The molecule has 0 unspecified atom stereocenters. The number of benzene rings is 2. The lowest BCUT2D eigenvalue weighted by Gasteiger charge is -2.13. The number of hydrogen-bond donors (Lipinski definition) is 2. The summed E-state index contributed by atoms with van der Waals surface area (Å²) >= 11 is 0. The zero-order valence-electron chi connectivity index (χ0n) is 15.2. The highest BCUT2D eigenvalue weighted by molar-refractivity contribution is 5.94. The smallest absolute Gasteiger partial charge is 0.193 e. The lowest BCUT2D eigenvalue weighted by molar-refractivity contribution is 0.405. The van der Waals surface area contributed by atoms with Crippen LogP contribution in [0.3, 0.4) is 0 Å². The van der Waals surface area contributed by atoms with Gasteiger partial charge in [-0.2, -0.15) is 0 Å². The van der Waals surface area contributed by atoms with Crippen LogP contribution in [0.1, 0.15) is 5.56 Å². The van der Waals surface area contributed by atoms with Gasteiger partial charge in [-0.25, -0.2) is 0 Å². The van der Waals surface area contributed by atoms with Gasteiger partial charge in [0.2, 0.25) is 0 Å². The number of nitrogens with one attached hydrogen (secondary N) is 1. The number of anilines is 2. The fourth-order valence-corrected chi connectivity index (χ4v) is 2.36. The third-order valence-electron chi connectivity index (χ3n) is 3.80. The summed E-state index contributed by atoms with van der Waals surface area (Å²) in [5.41, 5.74) is 9.11. The van der Waals surface area contributed by atoms with Gasteiger partial charge in [0, 0.05) is 32.4 Å². The number of methoxy groups -OCH3 is 2. The highest BCUT2D eigenvalue weighted by Crippen LogP contribution is 2.28. The number of guanidine groups is 1. The molecule has 134 valence electrons. The van der Waals surface area contributed by atoms with E-state index < -0.39 is 0 Å². The number of rotatable bonds is 7. The summed E-state index contributed by atoms with van der Waals surface area (Å²) in [6.45, 7) is 0.604. The minimum absolute atomic E-state index is 0.344. The van der Waals surface area contributed by atoms with Crippen LogP contribution in [0.5, 0.6) is 11.5 Å². The second kappa shape index (κ2) is 8.82. The second-order valence-electron chi connectivity index (χ2n) is 5.77. The van der Waals surface area contributed by atoms with Gasteiger partial charge in [0.25, 0.3) is 0 Å². The van der Waals surface area contributed by atoms with Crippen LogP contribution in [0.15, 0.2) is 47.5 Å². The Morgan fingerprint density at radius 3 is 2.40 bits per heavy atom. The van der Waals surface area contributed by atoms with Gasteiger partial charge in [0.1, 0.15) is 11.5 Å². The highest BCUT2D eigenvalue weighted by atomic mass is 16.5. The standard InChI is InChI=1S/C19H26N4O2/c1-23(2)15-7-5-14(6-8-15)11-12-21-19(20)22-17-13-16(24-3)9-10-18(17)25-4/h5-10,13H,11-12H2,1-4H3,(H3,20,21,22). The Morgan fingerprint density at radius 2 is 1.80 bits per heavy atom. The zero-order valence-corrected chi connectivity index (χ0v) is 15.2. The number of nitrogens with zero attached hydrogens (tertiary/aromatic N) is 2. The molecule has 0 aromatic heterocycles. The van der Waals surface area contributed by atoms with Gasteiger partial charge in [-0.15, -0.1) is 0 Å². The van der Waals surface area contributed by atoms with Crippen LogP contribution in [0, 0.1) is 0 Å². The maximum Gasteiger partial charge on any atom is 0.193 e. The van der Waals surface area contributed by atoms with Gasteiger partial charge in [0.15, 0.2) is 5.96 Å². The molecule has 2 aromatic carbocycles. The molecular formula is C19H26N4O2. The Balaban J connectivity index is 1.95. The van der Waals surface area contributed by atoms with Crippen molar-refractivity contribution in [3.63, 3.8) is 0 Å². The number of aliphatic imine (C=N–C) groups is 1. The average molecular weight is 342 g/mol. The molecule has 25 heavy (non-hydrogen) atoms. The number of nitrogens with two attached hydrogens (primary N) is 1. The topological polar surface area (TPSA) is 72.1 Å². The lowest BCUT2D eigenvalue weighted by atomic mass is 10.1. The first kappa shape index (κ1) is 18.4. The van der Waals surface area contributed by atoms with Crippen LogP contribution in [0.2, 0.25) is 0 Å². The molecule has 0 aliphatic carbocycles. The Labute approximate surface area is 149 Å². The van der Waals surface area contributed by atoms with E-state index in [1.165, 1.54) is 11.3 Å². The Kier molecular flexibility index (Phi) is 6.51. The SMILES string of the molecule is COc1ccc(OC)c(NC(N)=NCCc2ccc(N(C)C)cc2)c1. The first-order valence-electron chi connectivity index (χ1n) is 8.08. The summed E-state index contributed by atoms with van der Waals surface area (Å²) in [7, 11) is 7.28. The molecule has 0 aliphatic heterocycles. The molecule has 0 saturated heterocycles. The molecule has 0 atom stereocenters. The fraction of sp³-hybridized carbons (Fsp3) is 0.316. The molecule has 0 fully saturated rings. The van der Waals surface area contributed by atoms with E-state index in [2.05, 4.69) is 39.5 Å². The van der Waals surface area contributed by atoms with Gasteiger partial charge in [-0.1, -0.05) is 12.1 Å². The Bertz CT molecular complexity index is 712. The minimum atomic E-state index is 0.344. The Hall–Kier alpha value is -2.89. The van der Waals surface area contributed by atoms with Gasteiger partial charge in [-0.3, -0.25) is 4.99 Å². The summed E-state index contributed by atoms with van der Waals surface area (Å²) < 4.78 is 10.5. The molecule has 2 aromatic rings. The first-order valence-corrected chi connectivity index (χ1v) is 8.08. The van der Waals surface area contributed by atoms with Crippen molar-refractivity contribution in [2.45, 2.75) is 6.42 Å². The van der Waals surface area contributed by atoms with E-state index in [4.69, 9.17) is 15.2 Å². The van der Waals surface area contributed by atoms with Crippen molar-refractivity contribution in [1.82, 2.24) is 0 Å². The van der Waals surface area contributed by atoms with E-state index in [1.807, 2.05) is 32.3 Å². The van der Waals surface area contributed by atoms with Crippen molar-refractivity contribution in [3.8, 4) is 11.5 Å². The monoisotopic (exact) mass is 342 g/mol. The van der Waals surface area contributed by atoms with Crippen LogP contribution in [-0.4, -0.2) is 40.8 Å². The van der Waals surface area contributed by atoms with E-state index >= 15 is 0 Å². The third kappa shape index (κ3) is 5.31. The van der Waals surface area contributed by atoms with Crippen molar-refractivity contribution in [2.75, 3.05) is 45.1 Å². The lowest BCUT2D eigenvalue weighted by Crippen LogP contribution is -2.23. The molecule has 0 spiro atoms. The van der Waals surface area contributed by atoms with Crippen LogP contribution >= 0.6 is 0 Å². The molecule has 0 amide bonds. The van der Waals surface area contributed by atoms with E-state index in [0.717, 1.165) is 17.9 Å². The molecule has 0 heterocycles. The van der Waals surface area contributed by atoms with Crippen LogP contribution in [0.4, 0.5) is 11.4 Å². The number of hydrogen-bond acceptors (Lipinski definition) is 4. The van der Waals surface area contributed by atoms with Gasteiger partial charge in [-0.05, 0) is 36.2 Å². The quantitative estimate of drug-likeness (QED) is 0.598. The molecule has 3 N–H and O–H groups in total. The molecule has 2 rings (SSSR count). The normalized spacial score (nSPS) is 11.1. The van der Waals surface area contributed by atoms with Crippen molar-refractivity contribution < 1.29 is 9.47 Å². The molecule has 0 radical (unpaired) electrons. The summed E-state index contributed by atoms with van der Waals surface area (Å²) in [5.74, 6) is 1.74. The van der Waals surface area contributed by atoms with Gasteiger partial charge >= 0.3 is 0 Å². The summed E-state index contributed by atoms with van der Waals surface area (Å²) in [5, 5.41) is 3.06. The summed E-state index contributed by atoms with van der Waals surface area (Å²) in [4.78, 5) is 6.45. The highest BCUT2D eigenvalue weighted by Gasteiger charge is 2.06.